The van der Waals surface area contributed by atoms with Crippen LogP contribution in [0.2, 0.25) is 0 Å². The highest BCUT2D eigenvalue weighted by Crippen LogP contribution is 2.27. The van der Waals surface area contributed by atoms with E-state index in [0.29, 0.717) is 0 Å². The molecule has 0 bridgehead atoms. The lowest BCUT2D eigenvalue weighted by atomic mass is 10.1. The van der Waals surface area contributed by atoms with Gasteiger partial charge >= 0.3 is 0 Å². The molecular weight excluding hydrogens is 307 g/mol. The van der Waals surface area contributed by atoms with Gasteiger partial charge in [0, 0.05) is 37.9 Å². The van der Waals surface area contributed by atoms with E-state index < -0.39 is 0 Å². The molecule has 1 fully saturated rings. The molecule has 24 heavy (non-hydrogen) atoms. The maximum atomic E-state index is 13.2. The number of rotatable bonds is 3. The Balaban J connectivity index is 1.79. The largest absolute Gasteiger partial charge is 0.380 e. The first-order valence-corrected chi connectivity index (χ1v) is 8.13. The number of aromatic nitrogens is 3. The molecule has 6 heteroatoms. The number of hydrogen-bond donors (Lipinski definition) is 0. The van der Waals surface area contributed by atoms with Crippen LogP contribution in [0.25, 0.3) is 16.9 Å². The van der Waals surface area contributed by atoms with Crippen LogP contribution in [0.4, 0.5) is 10.2 Å². The maximum absolute atomic E-state index is 13.2. The molecule has 0 saturated carbocycles. The number of nitrogens with zero attached hydrogens (tertiary/aromatic N) is 4. The average molecular weight is 326 g/mol. The van der Waals surface area contributed by atoms with Crippen molar-refractivity contribution in [2.45, 2.75) is 18.9 Å². The highest BCUT2D eigenvalue weighted by atomic mass is 19.1. The molecule has 3 heterocycles. The summed E-state index contributed by atoms with van der Waals surface area (Å²) in [4.78, 5) is 6.93. The van der Waals surface area contributed by atoms with Gasteiger partial charge in [-0.2, -0.15) is 9.61 Å². The zero-order chi connectivity index (χ0) is 16.5. The molecule has 0 unspecified atom stereocenters. The molecule has 1 aliphatic rings. The van der Waals surface area contributed by atoms with Gasteiger partial charge in [-0.1, -0.05) is 0 Å². The van der Waals surface area contributed by atoms with Gasteiger partial charge in [0.25, 0.3) is 0 Å². The summed E-state index contributed by atoms with van der Waals surface area (Å²) in [6.45, 7) is 1.79. The van der Waals surface area contributed by atoms with Crippen molar-refractivity contribution >= 4 is 11.5 Å². The van der Waals surface area contributed by atoms with E-state index in [-0.39, 0.29) is 11.9 Å². The first-order chi connectivity index (χ1) is 11.7. The van der Waals surface area contributed by atoms with Gasteiger partial charge in [0.1, 0.15) is 11.6 Å². The normalized spacial score (nSPS) is 18.2. The zero-order valence-corrected chi connectivity index (χ0v) is 13.5. The van der Waals surface area contributed by atoms with E-state index in [1.807, 2.05) is 16.6 Å². The fraction of sp³-hybridized carbons (Fsp3) is 0.333. The van der Waals surface area contributed by atoms with Crippen molar-refractivity contribution in [3.8, 4) is 11.3 Å². The maximum Gasteiger partial charge on any atom is 0.157 e. The molecule has 1 aromatic carbocycles. The minimum Gasteiger partial charge on any atom is -0.380 e. The van der Waals surface area contributed by atoms with Gasteiger partial charge in [-0.3, -0.25) is 0 Å². The molecule has 4 rings (SSSR count). The first-order valence-electron chi connectivity index (χ1n) is 8.13. The Morgan fingerprint density at radius 1 is 1.21 bits per heavy atom. The number of anilines is 1. The second-order valence-electron chi connectivity index (χ2n) is 6.05. The van der Waals surface area contributed by atoms with Crippen LogP contribution in [0.1, 0.15) is 12.8 Å². The quantitative estimate of drug-likeness (QED) is 0.741. The topological polar surface area (TPSA) is 42.7 Å². The van der Waals surface area contributed by atoms with Crippen molar-refractivity contribution in [1.82, 2.24) is 14.6 Å². The number of halogens is 1. The summed E-state index contributed by atoms with van der Waals surface area (Å²) >= 11 is 0. The summed E-state index contributed by atoms with van der Waals surface area (Å²) in [6.07, 6.45) is 4.13. The van der Waals surface area contributed by atoms with Crippen LogP contribution in [0.15, 0.2) is 42.6 Å². The van der Waals surface area contributed by atoms with E-state index in [0.717, 1.165) is 48.7 Å². The zero-order valence-electron chi connectivity index (χ0n) is 13.5. The van der Waals surface area contributed by atoms with Crippen LogP contribution in [-0.4, -0.2) is 40.9 Å². The van der Waals surface area contributed by atoms with E-state index in [1.54, 1.807) is 25.4 Å². The molecule has 1 aliphatic heterocycles. The monoisotopic (exact) mass is 326 g/mol. The predicted molar refractivity (Wildman–Crippen MR) is 90.6 cm³/mol. The van der Waals surface area contributed by atoms with Crippen molar-refractivity contribution in [3.05, 3.63) is 48.4 Å². The third-order valence-corrected chi connectivity index (χ3v) is 4.52. The number of piperidine rings is 1. The second-order valence-corrected chi connectivity index (χ2v) is 6.05. The number of fused-ring (bicyclic) bond motifs is 1. The van der Waals surface area contributed by atoms with Gasteiger partial charge in [-0.05, 0) is 37.1 Å². The SMILES string of the molecule is CO[C@@H]1CCCN(c2cc(-c3ccc(F)cc3)nc3ccnn23)C1. The Bertz CT molecular complexity index is 846. The average Bonchev–Trinajstić information content (AvgIpc) is 3.10. The lowest BCUT2D eigenvalue weighted by Crippen LogP contribution is -2.40. The van der Waals surface area contributed by atoms with Crippen LogP contribution in [0.3, 0.4) is 0 Å². The highest BCUT2D eigenvalue weighted by Gasteiger charge is 2.22. The van der Waals surface area contributed by atoms with E-state index in [9.17, 15) is 4.39 Å². The minimum absolute atomic E-state index is 0.229. The van der Waals surface area contributed by atoms with Gasteiger partial charge in [0.15, 0.2) is 5.65 Å². The van der Waals surface area contributed by atoms with Crippen molar-refractivity contribution in [1.29, 1.82) is 0 Å². The minimum atomic E-state index is -0.247. The predicted octanol–water partition coefficient (Wildman–Crippen LogP) is 3.15. The Hall–Kier alpha value is -2.47. The Kier molecular flexibility index (Phi) is 3.90. The molecule has 5 nitrogen and oxygen atoms in total. The highest BCUT2D eigenvalue weighted by molar-refractivity contribution is 5.67. The summed E-state index contributed by atoms with van der Waals surface area (Å²) in [6, 6.07) is 10.3. The third kappa shape index (κ3) is 2.73. The molecule has 1 atom stereocenters. The van der Waals surface area contributed by atoms with Crippen LogP contribution in [0.5, 0.6) is 0 Å². The molecule has 0 amide bonds. The molecule has 2 aromatic heterocycles. The summed E-state index contributed by atoms with van der Waals surface area (Å²) in [5.74, 6) is 0.745. The lowest BCUT2D eigenvalue weighted by Gasteiger charge is -2.33. The molecule has 1 saturated heterocycles. The van der Waals surface area contributed by atoms with E-state index in [1.165, 1.54) is 12.1 Å². The summed E-state index contributed by atoms with van der Waals surface area (Å²) in [5.41, 5.74) is 2.49. The third-order valence-electron chi connectivity index (χ3n) is 4.52. The van der Waals surface area contributed by atoms with Crippen molar-refractivity contribution in [3.63, 3.8) is 0 Å². The second kappa shape index (κ2) is 6.20. The first kappa shape index (κ1) is 15.1. The number of benzene rings is 1. The van der Waals surface area contributed by atoms with Gasteiger partial charge in [-0.15, -0.1) is 0 Å². The standard InChI is InChI=1S/C18H19FN4O/c1-24-15-3-2-10-22(12-15)18-11-16(13-4-6-14(19)7-5-13)21-17-8-9-20-23(17)18/h4-9,11,15H,2-3,10,12H2,1H3/t15-/m1/s1. The summed E-state index contributed by atoms with van der Waals surface area (Å²) in [5, 5.41) is 4.41. The number of hydrogen-bond acceptors (Lipinski definition) is 4. The number of methoxy groups -OCH3 is 1. The van der Waals surface area contributed by atoms with E-state index in [2.05, 4.69) is 15.0 Å². The van der Waals surface area contributed by atoms with Crippen LogP contribution >= 0.6 is 0 Å². The Morgan fingerprint density at radius 3 is 2.83 bits per heavy atom. The van der Waals surface area contributed by atoms with Crippen LogP contribution in [-0.2, 0) is 4.74 Å². The van der Waals surface area contributed by atoms with Gasteiger partial charge in [-0.25, -0.2) is 9.37 Å². The van der Waals surface area contributed by atoms with Crippen molar-refractivity contribution < 1.29 is 9.13 Å². The molecule has 0 spiro atoms. The molecule has 0 N–H and O–H groups in total. The fourth-order valence-corrected chi connectivity index (χ4v) is 3.23. The van der Waals surface area contributed by atoms with Gasteiger partial charge < -0.3 is 9.64 Å². The van der Waals surface area contributed by atoms with Crippen LogP contribution < -0.4 is 4.90 Å². The van der Waals surface area contributed by atoms with Gasteiger partial charge in [0.05, 0.1) is 18.0 Å². The Labute approximate surface area is 139 Å². The number of ether oxygens (including phenoxy) is 1. The molecule has 124 valence electrons. The molecular formula is C18H19FN4O. The van der Waals surface area contributed by atoms with E-state index >= 15 is 0 Å². The van der Waals surface area contributed by atoms with Crippen molar-refractivity contribution in [2.75, 3.05) is 25.1 Å². The van der Waals surface area contributed by atoms with Crippen molar-refractivity contribution in [2.24, 2.45) is 0 Å². The molecule has 0 aliphatic carbocycles. The summed E-state index contributed by atoms with van der Waals surface area (Å²) in [7, 11) is 1.76. The smallest absolute Gasteiger partial charge is 0.157 e. The van der Waals surface area contributed by atoms with E-state index in [4.69, 9.17) is 4.74 Å². The summed E-state index contributed by atoms with van der Waals surface area (Å²) < 4.78 is 20.6. The fourth-order valence-electron chi connectivity index (χ4n) is 3.23. The lowest BCUT2D eigenvalue weighted by molar-refractivity contribution is 0.0890. The van der Waals surface area contributed by atoms with Gasteiger partial charge in [0.2, 0.25) is 0 Å². The molecule has 0 radical (unpaired) electrons. The van der Waals surface area contributed by atoms with Crippen LogP contribution in [0, 0.1) is 5.82 Å². The molecule has 3 aromatic rings. The Morgan fingerprint density at radius 2 is 2.04 bits per heavy atom.